The third-order valence-electron chi connectivity index (χ3n) is 10.9. The minimum Gasteiger partial charge on any atom is -0.456 e. The second-order valence-electron chi connectivity index (χ2n) is 17.2. The van der Waals surface area contributed by atoms with E-state index in [2.05, 4.69) is 37.5 Å². The van der Waals surface area contributed by atoms with Crippen LogP contribution < -0.4 is 0 Å². The molecule has 0 aromatic heterocycles. The van der Waals surface area contributed by atoms with Crippen molar-refractivity contribution in [1.29, 1.82) is 0 Å². The van der Waals surface area contributed by atoms with Crippen LogP contribution >= 0.6 is 0 Å². The molecule has 1 aromatic rings. The number of ether oxygens (including phenoxy) is 5. The minimum absolute atomic E-state index is 0.0212. The van der Waals surface area contributed by atoms with Crippen LogP contribution in [0.5, 0.6) is 0 Å². The summed E-state index contributed by atoms with van der Waals surface area (Å²) in [6.45, 7) is 16.2. The quantitative estimate of drug-likeness (QED) is 0.0567. The summed E-state index contributed by atoms with van der Waals surface area (Å²) in [5.41, 5.74) is 0.565. The predicted octanol–water partition coefficient (Wildman–Crippen LogP) is 13.0. The fraction of sp³-hybridized carbons (Fsp3) is 0.784. The Hall–Kier alpha value is -2.39. The summed E-state index contributed by atoms with van der Waals surface area (Å²) >= 11 is 0. The molecule has 7 heteroatoms. The highest BCUT2D eigenvalue weighted by Gasteiger charge is 2.46. The monoisotopic (exact) mass is 809 g/mol. The van der Waals surface area contributed by atoms with Crippen LogP contribution in [0.3, 0.4) is 0 Å². The Balaban J connectivity index is 0.000000416. The summed E-state index contributed by atoms with van der Waals surface area (Å²) in [6.07, 6.45) is 25.9. The van der Waals surface area contributed by atoms with Crippen LogP contribution in [-0.2, 0) is 23.7 Å². The number of carbonyl (C=O) groups excluding carboxylic acids is 1. The largest absolute Gasteiger partial charge is 0.456 e. The number of hydrogen-bond donors (Lipinski definition) is 1. The zero-order valence-corrected chi connectivity index (χ0v) is 38.2. The fourth-order valence-corrected chi connectivity index (χ4v) is 7.67. The van der Waals surface area contributed by atoms with Crippen LogP contribution in [0.1, 0.15) is 220 Å². The summed E-state index contributed by atoms with van der Waals surface area (Å²) in [6, 6.07) is 9.14. The summed E-state index contributed by atoms with van der Waals surface area (Å²) in [4.78, 5) is 12.6. The predicted molar refractivity (Wildman–Crippen MR) is 238 cm³/mol. The number of hydrogen-bond acceptors (Lipinski definition) is 7. The van der Waals surface area contributed by atoms with Crippen LogP contribution in [0.15, 0.2) is 30.3 Å². The van der Waals surface area contributed by atoms with Gasteiger partial charge in [0.2, 0.25) is 0 Å². The van der Waals surface area contributed by atoms with E-state index in [9.17, 15) is 9.90 Å². The molecule has 58 heavy (non-hydrogen) atoms. The van der Waals surface area contributed by atoms with Crippen LogP contribution in [0.25, 0.3) is 0 Å². The topological polar surface area (TPSA) is 83.5 Å². The molecule has 7 nitrogen and oxygen atoms in total. The van der Waals surface area contributed by atoms with Crippen LogP contribution in [0.4, 0.5) is 0 Å². The van der Waals surface area contributed by atoms with Crippen molar-refractivity contribution in [2.75, 3.05) is 0 Å². The van der Waals surface area contributed by atoms with Gasteiger partial charge in [0.1, 0.15) is 18.3 Å². The molecule has 1 aromatic carbocycles. The summed E-state index contributed by atoms with van der Waals surface area (Å²) < 4.78 is 30.1. The van der Waals surface area contributed by atoms with E-state index in [1.807, 2.05) is 59.7 Å². The van der Waals surface area contributed by atoms with Gasteiger partial charge in [-0.2, -0.15) is 0 Å². The van der Waals surface area contributed by atoms with Crippen molar-refractivity contribution in [3.05, 3.63) is 35.9 Å². The second kappa shape index (κ2) is 30.6. The minimum atomic E-state index is -0.658. The molecule has 0 spiro atoms. The van der Waals surface area contributed by atoms with E-state index in [-0.39, 0.29) is 36.5 Å². The van der Waals surface area contributed by atoms with E-state index in [0.717, 1.165) is 64.2 Å². The van der Waals surface area contributed by atoms with Gasteiger partial charge in [-0.25, -0.2) is 4.79 Å². The standard InChI is InChI=1S/C29H44O4.C22H40O3/c1-5-7-8-9-10-11-12-13-14-15-16-20-23-26-27(33-29(3,4)32-26)25(6-2)31-28(30)24-21-18-17-19-22-24;1-5-7-8-9-10-11-12-13-14-15-16-17-18-20-21(19(23)6-2)25-22(3,4)24-20/h17-19,21-22,25-27H,5-10,13-16,20,23H2,1-4H3;19-21,23H,5-10,13-18H2,1-4H3/t25-,26-,27-;19-,20-,21+/m01/s1. The highest BCUT2D eigenvalue weighted by atomic mass is 16.8. The van der Waals surface area contributed by atoms with Gasteiger partial charge in [0, 0.05) is 25.7 Å². The highest BCUT2D eigenvalue weighted by molar-refractivity contribution is 5.89. The Morgan fingerprint density at radius 3 is 1.43 bits per heavy atom. The first kappa shape index (κ1) is 51.8. The molecule has 0 radical (unpaired) electrons. The Labute approximate surface area is 355 Å². The summed E-state index contributed by atoms with van der Waals surface area (Å²) in [5.74, 6) is 11.7. The van der Waals surface area contributed by atoms with Gasteiger partial charge in [-0.05, 0) is 91.2 Å². The van der Waals surface area contributed by atoms with Crippen LogP contribution in [0, 0.1) is 23.7 Å². The highest BCUT2D eigenvalue weighted by Crippen LogP contribution is 2.35. The maximum absolute atomic E-state index is 12.6. The van der Waals surface area contributed by atoms with Gasteiger partial charge >= 0.3 is 5.97 Å². The lowest BCUT2D eigenvalue weighted by Gasteiger charge is -2.26. The first-order valence-electron chi connectivity index (χ1n) is 23.5. The van der Waals surface area contributed by atoms with Crippen molar-refractivity contribution in [1.82, 2.24) is 0 Å². The number of rotatable bonds is 26. The molecule has 0 bridgehead atoms. The van der Waals surface area contributed by atoms with E-state index < -0.39 is 17.7 Å². The summed E-state index contributed by atoms with van der Waals surface area (Å²) in [7, 11) is 0. The Morgan fingerprint density at radius 1 is 0.586 bits per heavy atom. The Kier molecular flexibility index (Phi) is 27.3. The lowest BCUT2D eigenvalue weighted by molar-refractivity contribution is -0.156. The number of aliphatic hydroxyl groups excluding tert-OH is 1. The lowest BCUT2D eigenvalue weighted by atomic mass is 9.99. The fourth-order valence-electron chi connectivity index (χ4n) is 7.67. The number of aliphatic hydroxyl groups is 1. The van der Waals surface area contributed by atoms with E-state index in [0.29, 0.717) is 18.4 Å². The van der Waals surface area contributed by atoms with E-state index in [4.69, 9.17) is 23.7 Å². The van der Waals surface area contributed by atoms with Crippen molar-refractivity contribution >= 4 is 5.97 Å². The average molecular weight is 809 g/mol. The molecule has 330 valence electrons. The van der Waals surface area contributed by atoms with Crippen LogP contribution in [-0.4, -0.2) is 59.3 Å². The van der Waals surface area contributed by atoms with Crippen molar-refractivity contribution in [3.63, 3.8) is 0 Å². The zero-order chi connectivity index (χ0) is 42.5. The van der Waals surface area contributed by atoms with Crippen LogP contribution in [0.2, 0.25) is 0 Å². The van der Waals surface area contributed by atoms with E-state index in [1.165, 1.54) is 77.0 Å². The Morgan fingerprint density at radius 2 is 1.00 bits per heavy atom. The van der Waals surface area contributed by atoms with Gasteiger partial charge in [-0.1, -0.05) is 123 Å². The van der Waals surface area contributed by atoms with Gasteiger partial charge in [-0.15, -0.1) is 23.7 Å². The van der Waals surface area contributed by atoms with Gasteiger partial charge < -0.3 is 28.8 Å². The molecule has 0 unspecified atom stereocenters. The molecule has 0 amide bonds. The Bertz CT molecular complexity index is 1320. The molecule has 0 aliphatic carbocycles. The third kappa shape index (κ3) is 22.3. The third-order valence-corrected chi connectivity index (χ3v) is 10.9. The lowest BCUT2D eigenvalue weighted by Crippen LogP contribution is -2.38. The number of esters is 1. The van der Waals surface area contributed by atoms with Gasteiger partial charge in [0.15, 0.2) is 11.6 Å². The molecule has 3 rings (SSSR count). The molecule has 2 heterocycles. The number of benzene rings is 1. The zero-order valence-electron chi connectivity index (χ0n) is 38.2. The first-order chi connectivity index (χ1) is 28.0. The maximum atomic E-state index is 12.6. The summed E-state index contributed by atoms with van der Waals surface area (Å²) in [5, 5.41) is 10.1. The van der Waals surface area contributed by atoms with Crippen molar-refractivity contribution in [2.45, 2.75) is 258 Å². The molecule has 1 N–H and O–H groups in total. The van der Waals surface area contributed by atoms with Gasteiger partial charge in [-0.3, -0.25) is 0 Å². The molecule has 6 atom stereocenters. The second-order valence-corrected chi connectivity index (χ2v) is 17.2. The van der Waals surface area contributed by atoms with E-state index in [1.54, 1.807) is 12.1 Å². The van der Waals surface area contributed by atoms with Gasteiger partial charge in [0.25, 0.3) is 0 Å². The number of unbranched alkanes of at least 4 members (excludes halogenated alkanes) is 16. The molecular formula is C51H84O7. The SMILES string of the molecule is CCCCCCC#CCCCCCC[C@@H]1OC(C)(C)O[C@H]1[C@H](CC)OC(=O)c1ccccc1.CCCCCCC#CCCCCCC[C@H]1OC(C)(C)O[C@H]1[C@H](O)CC. The van der Waals surface area contributed by atoms with Gasteiger partial charge in [0.05, 0.1) is 23.9 Å². The molecular weight excluding hydrogens is 725 g/mol. The molecule has 2 aliphatic heterocycles. The van der Waals surface area contributed by atoms with Crippen molar-refractivity contribution in [3.8, 4) is 23.7 Å². The average Bonchev–Trinajstić information content (AvgIpc) is 3.70. The van der Waals surface area contributed by atoms with E-state index >= 15 is 0 Å². The maximum Gasteiger partial charge on any atom is 0.338 e. The first-order valence-corrected chi connectivity index (χ1v) is 23.5. The molecule has 2 fully saturated rings. The molecule has 2 saturated heterocycles. The normalized spacial score (nSPS) is 21.5. The smallest absolute Gasteiger partial charge is 0.338 e. The number of carbonyl (C=O) groups is 1. The molecule has 2 aliphatic rings. The molecule has 0 saturated carbocycles. The van der Waals surface area contributed by atoms with Crippen molar-refractivity contribution in [2.24, 2.45) is 0 Å². The van der Waals surface area contributed by atoms with Crippen molar-refractivity contribution < 1.29 is 33.6 Å².